The number of rotatable bonds is 12. The summed E-state index contributed by atoms with van der Waals surface area (Å²) in [5, 5.41) is 3.93. The third kappa shape index (κ3) is 7.97. The summed E-state index contributed by atoms with van der Waals surface area (Å²) in [5.41, 5.74) is 2.48. The highest BCUT2D eigenvalue weighted by atomic mass is 32.1. The number of nitrogens with zero attached hydrogens (tertiary/aromatic N) is 3. The number of amides is 1. The lowest BCUT2D eigenvalue weighted by molar-refractivity contribution is -0.120. The first-order chi connectivity index (χ1) is 13.5. The molecule has 5 nitrogen and oxygen atoms in total. The highest BCUT2D eigenvalue weighted by molar-refractivity contribution is 7.09. The van der Waals surface area contributed by atoms with E-state index in [9.17, 15) is 4.79 Å². The molecule has 0 aliphatic heterocycles. The number of aromatic nitrogens is 2. The van der Waals surface area contributed by atoms with Crippen molar-refractivity contribution in [2.45, 2.75) is 59.8 Å². The summed E-state index contributed by atoms with van der Waals surface area (Å²) in [6, 6.07) is 8.50. The Bertz CT molecular complexity index is 712. The van der Waals surface area contributed by atoms with Gasteiger partial charge in [0.25, 0.3) is 0 Å². The van der Waals surface area contributed by atoms with Crippen LogP contribution < -0.4 is 10.2 Å². The zero-order valence-corrected chi connectivity index (χ0v) is 18.5. The monoisotopic (exact) mass is 402 g/mol. The number of hydrogen-bond donors (Lipinski definition) is 1. The summed E-state index contributed by atoms with van der Waals surface area (Å²) < 4.78 is 4.55. The van der Waals surface area contributed by atoms with Crippen LogP contribution in [0.5, 0.6) is 0 Å². The molecule has 0 aliphatic carbocycles. The molecular weight excluding hydrogens is 368 g/mol. The zero-order chi connectivity index (χ0) is 20.4. The lowest BCUT2D eigenvalue weighted by Crippen LogP contribution is -2.33. The van der Waals surface area contributed by atoms with Crippen molar-refractivity contribution in [2.24, 2.45) is 5.92 Å². The lowest BCUT2D eigenvalue weighted by atomic mass is 10.1. The van der Waals surface area contributed by atoms with E-state index in [1.165, 1.54) is 29.1 Å². The predicted molar refractivity (Wildman–Crippen MR) is 118 cm³/mol. The van der Waals surface area contributed by atoms with Crippen LogP contribution in [0, 0.1) is 12.8 Å². The first-order valence-corrected chi connectivity index (χ1v) is 11.1. The Kier molecular flexibility index (Phi) is 9.41. The Hall–Kier alpha value is -1.95. The summed E-state index contributed by atoms with van der Waals surface area (Å²) >= 11 is 1.43. The molecule has 28 heavy (non-hydrogen) atoms. The van der Waals surface area contributed by atoms with Gasteiger partial charge in [-0.2, -0.15) is 4.37 Å². The maximum atomic E-state index is 12.1. The molecule has 1 amide bonds. The molecule has 1 N–H and O–H groups in total. The molecule has 0 bridgehead atoms. The Balaban J connectivity index is 1.92. The van der Waals surface area contributed by atoms with E-state index in [2.05, 4.69) is 66.6 Å². The van der Waals surface area contributed by atoms with E-state index in [4.69, 9.17) is 4.98 Å². The van der Waals surface area contributed by atoms with Gasteiger partial charge in [-0.15, -0.1) is 0 Å². The third-order valence-corrected chi connectivity index (χ3v) is 5.32. The second-order valence-corrected chi connectivity index (χ2v) is 8.53. The maximum absolute atomic E-state index is 12.1. The summed E-state index contributed by atoms with van der Waals surface area (Å²) in [6.45, 7) is 11.0. The van der Waals surface area contributed by atoms with Crippen molar-refractivity contribution in [1.29, 1.82) is 0 Å². The normalized spacial score (nSPS) is 11.0. The molecule has 0 radical (unpaired) electrons. The van der Waals surface area contributed by atoms with E-state index in [1.54, 1.807) is 0 Å². The van der Waals surface area contributed by atoms with Crippen molar-refractivity contribution >= 4 is 22.6 Å². The molecule has 0 fully saturated rings. The Morgan fingerprint density at radius 3 is 2.64 bits per heavy atom. The number of carbonyl (C=O) groups is 1. The van der Waals surface area contributed by atoms with E-state index < -0.39 is 0 Å². The highest BCUT2D eigenvalue weighted by Gasteiger charge is 2.16. The molecule has 2 aromatic rings. The molecule has 0 spiro atoms. The molecule has 1 heterocycles. The van der Waals surface area contributed by atoms with E-state index in [-0.39, 0.29) is 5.91 Å². The smallest absolute Gasteiger partial charge is 0.221 e. The topological polar surface area (TPSA) is 58.1 Å². The van der Waals surface area contributed by atoms with Crippen LogP contribution in [0.2, 0.25) is 0 Å². The predicted octanol–water partition coefficient (Wildman–Crippen LogP) is 4.60. The van der Waals surface area contributed by atoms with Gasteiger partial charge in [-0.3, -0.25) is 4.79 Å². The molecule has 154 valence electrons. The fourth-order valence-corrected chi connectivity index (χ4v) is 3.69. The number of carbonyl (C=O) groups excluding carboxylic acids is 1. The van der Waals surface area contributed by atoms with Crippen LogP contribution in [0.15, 0.2) is 24.3 Å². The maximum Gasteiger partial charge on any atom is 0.221 e. The van der Waals surface area contributed by atoms with Crippen molar-refractivity contribution in [2.75, 3.05) is 24.5 Å². The van der Waals surface area contributed by atoms with Crippen LogP contribution >= 0.6 is 11.5 Å². The molecule has 0 atom stereocenters. The number of unbranched alkanes of at least 4 members (excludes halogenated alkanes) is 2. The minimum atomic E-state index is 0.120. The van der Waals surface area contributed by atoms with Gasteiger partial charge in [0.05, 0.1) is 0 Å². The molecule has 2 rings (SSSR count). The largest absolute Gasteiger partial charge is 0.356 e. The van der Waals surface area contributed by atoms with E-state index in [0.29, 0.717) is 18.9 Å². The molecule has 0 aliphatic rings. The van der Waals surface area contributed by atoms with Gasteiger partial charge in [0.15, 0.2) is 0 Å². The van der Waals surface area contributed by atoms with Crippen molar-refractivity contribution in [3.05, 3.63) is 41.2 Å². The molecule has 1 aromatic heterocycles. The van der Waals surface area contributed by atoms with Crippen LogP contribution in [0.1, 0.15) is 63.4 Å². The van der Waals surface area contributed by atoms with Crippen LogP contribution in [0.25, 0.3) is 0 Å². The van der Waals surface area contributed by atoms with Crippen molar-refractivity contribution in [3.8, 4) is 0 Å². The molecule has 0 unspecified atom stereocenters. The second kappa shape index (κ2) is 11.8. The minimum absolute atomic E-state index is 0.120. The lowest BCUT2D eigenvalue weighted by Gasteiger charge is -2.23. The first-order valence-electron chi connectivity index (χ1n) is 10.4. The van der Waals surface area contributed by atoms with Gasteiger partial charge < -0.3 is 10.2 Å². The summed E-state index contributed by atoms with van der Waals surface area (Å²) in [6.07, 6.45) is 4.61. The van der Waals surface area contributed by atoms with Gasteiger partial charge in [0.1, 0.15) is 5.82 Å². The summed E-state index contributed by atoms with van der Waals surface area (Å²) in [4.78, 5) is 19.1. The van der Waals surface area contributed by atoms with Gasteiger partial charge >= 0.3 is 0 Å². The Morgan fingerprint density at radius 1 is 1.21 bits per heavy atom. The molecule has 6 heteroatoms. The number of nitrogens with one attached hydrogen (secondary N) is 1. The molecule has 0 saturated heterocycles. The molecule has 0 saturated carbocycles. The molecule has 1 aromatic carbocycles. The van der Waals surface area contributed by atoms with E-state index in [0.717, 1.165) is 43.3 Å². The fourth-order valence-electron chi connectivity index (χ4n) is 2.97. The zero-order valence-electron chi connectivity index (χ0n) is 17.7. The summed E-state index contributed by atoms with van der Waals surface area (Å²) in [5.74, 6) is 1.47. The van der Waals surface area contributed by atoms with Crippen molar-refractivity contribution in [3.63, 3.8) is 0 Å². The van der Waals surface area contributed by atoms with Gasteiger partial charge in [0, 0.05) is 44.0 Å². The number of hydrogen-bond acceptors (Lipinski definition) is 5. The SMILES string of the molecule is CCCCCNC(=O)CCN(CC(C)C)c1nc(Cc2ccc(C)cc2)ns1. The second-order valence-electron chi connectivity index (χ2n) is 7.80. The Labute approximate surface area is 173 Å². The quantitative estimate of drug-likeness (QED) is 0.527. The molecular formula is C22H34N4OS. The average molecular weight is 403 g/mol. The van der Waals surface area contributed by atoms with Gasteiger partial charge in [0.2, 0.25) is 11.0 Å². The van der Waals surface area contributed by atoms with Gasteiger partial charge in [-0.1, -0.05) is 63.4 Å². The third-order valence-electron chi connectivity index (χ3n) is 4.51. The number of aryl methyl sites for hydroxylation is 1. The average Bonchev–Trinajstić information content (AvgIpc) is 3.12. The van der Waals surface area contributed by atoms with Crippen LogP contribution in [-0.2, 0) is 11.2 Å². The highest BCUT2D eigenvalue weighted by Crippen LogP contribution is 2.20. The number of benzene rings is 1. The first kappa shape index (κ1) is 22.3. The standard InChI is InChI=1S/C22H34N4OS/c1-5-6-7-13-23-21(27)12-14-26(16-17(2)3)22-24-20(25-28-22)15-19-10-8-18(4)9-11-19/h8-11,17H,5-7,12-16H2,1-4H3,(H,23,27). The van der Waals surface area contributed by atoms with E-state index in [1.807, 2.05) is 0 Å². The van der Waals surface area contributed by atoms with Gasteiger partial charge in [-0.25, -0.2) is 4.98 Å². The van der Waals surface area contributed by atoms with Crippen LogP contribution in [0.3, 0.4) is 0 Å². The Morgan fingerprint density at radius 2 is 1.96 bits per heavy atom. The van der Waals surface area contributed by atoms with Crippen molar-refractivity contribution < 1.29 is 4.79 Å². The van der Waals surface area contributed by atoms with Gasteiger partial charge in [-0.05, 0) is 24.8 Å². The van der Waals surface area contributed by atoms with Crippen molar-refractivity contribution in [1.82, 2.24) is 14.7 Å². The summed E-state index contributed by atoms with van der Waals surface area (Å²) in [7, 11) is 0. The fraction of sp³-hybridized carbons (Fsp3) is 0.591. The van der Waals surface area contributed by atoms with Crippen LogP contribution in [-0.4, -0.2) is 34.9 Å². The van der Waals surface area contributed by atoms with E-state index >= 15 is 0 Å². The number of anilines is 1. The minimum Gasteiger partial charge on any atom is -0.356 e. The van der Waals surface area contributed by atoms with Crippen LogP contribution in [0.4, 0.5) is 5.13 Å².